The van der Waals surface area contributed by atoms with Gasteiger partial charge in [0.1, 0.15) is 0 Å². The maximum atomic E-state index is 12.5. The summed E-state index contributed by atoms with van der Waals surface area (Å²) in [6.45, 7) is 4.96. The Morgan fingerprint density at radius 3 is 0.861 bits per heavy atom. The van der Waals surface area contributed by atoms with E-state index in [9.17, 15) is 19.8 Å². The van der Waals surface area contributed by atoms with Gasteiger partial charge in [0, 0.05) is 12.8 Å². The molecule has 0 aromatic rings. The molecule has 3 N–H and O–H groups in total. The Morgan fingerprint density at radius 1 is 0.342 bits per heavy atom. The Labute approximate surface area is 495 Å². The molecular weight excluding hydrogens is 971 g/mol. The number of nitrogens with one attached hydrogen (secondary N) is 1. The number of ether oxygens (including phenoxy) is 1. The smallest absolute Gasteiger partial charge is 0.305 e. The molecule has 6 heteroatoms. The summed E-state index contributed by atoms with van der Waals surface area (Å²) in [4.78, 5) is 24.6. The molecule has 0 aromatic heterocycles. The highest BCUT2D eigenvalue weighted by Gasteiger charge is 2.18. The number of rotatable bonds is 69. The summed E-state index contributed by atoms with van der Waals surface area (Å²) in [6.07, 6.45) is 85.8. The SMILES string of the molecule is CCCCCCCCCCCCCCCCCC/C=C/C(O)C(CO)NC(=O)CCCCCCCCCCCCCCCCCCCCCCCCCCCOC(=O)CCCCCCCCCCCCCCCCCCCCC. The third-order valence-corrected chi connectivity index (χ3v) is 17.3. The summed E-state index contributed by atoms with van der Waals surface area (Å²) in [5, 5.41) is 23.2. The second kappa shape index (κ2) is 69.1. The molecule has 0 spiro atoms. The normalized spacial score (nSPS) is 12.5. The van der Waals surface area contributed by atoms with Crippen molar-refractivity contribution in [1.29, 1.82) is 0 Å². The van der Waals surface area contributed by atoms with Crippen LogP contribution in [0.4, 0.5) is 0 Å². The van der Waals surface area contributed by atoms with E-state index in [-0.39, 0.29) is 18.5 Å². The van der Waals surface area contributed by atoms with Crippen LogP contribution in [0.3, 0.4) is 0 Å². The highest BCUT2D eigenvalue weighted by atomic mass is 16.5. The summed E-state index contributed by atoms with van der Waals surface area (Å²) in [5.74, 6) is -0.0402. The van der Waals surface area contributed by atoms with Crippen molar-refractivity contribution in [3.63, 3.8) is 0 Å². The van der Waals surface area contributed by atoms with Gasteiger partial charge >= 0.3 is 5.97 Å². The van der Waals surface area contributed by atoms with Crippen molar-refractivity contribution in [2.45, 2.75) is 431 Å². The fourth-order valence-electron chi connectivity index (χ4n) is 11.8. The average molecular weight is 1110 g/mol. The molecule has 0 heterocycles. The number of esters is 1. The highest BCUT2D eigenvalue weighted by molar-refractivity contribution is 5.76. The lowest BCUT2D eigenvalue weighted by Crippen LogP contribution is -2.45. The number of allylic oxidation sites excluding steroid dienone is 1. The third kappa shape index (κ3) is 65.6. The van der Waals surface area contributed by atoms with Crippen LogP contribution in [0, 0.1) is 0 Å². The molecule has 2 unspecified atom stereocenters. The monoisotopic (exact) mass is 1110 g/mol. The van der Waals surface area contributed by atoms with E-state index in [1.807, 2.05) is 6.08 Å². The van der Waals surface area contributed by atoms with Gasteiger partial charge in [0.15, 0.2) is 0 Å². The minimum atomic E-state index is -0.843. The first-order chi connectivity index (χ1) is 39.0. The zero-order valence-corrected chi connectivity index (χ0v) is 53.9. The number of unbranched alkanes of at least 4 members (excludes halogenated alkanes) is 58. The van der Waals surface area contributed by atoms with Crippen LogP contribution in [0.2, 0.25) is 0 Å². The van der Waals surface area contributed by atoms with Gasteiger partial charge in [0.25, 0.3) is 0 Å². The van der Waals surface area contributed by atoms with E-state index in [0.29, 0.717) is 19.4 Å². The lowest BCUT2D eigenvalue weighted by atomic mass is 10.0. The van der Waals surface area contributed by atoms with Gasteiger partial charge in [-0.05, 0) is 32.1 Å². The van der Waals surface area contributed by atoms with Crippen molar-refractivity contribution < 1.29 is 24.5 Å². The number of aliphatic hydroxyl groups excluding tert-OH is 2. The molecule has 0 aliphatic heterocycles. The van der Waals surface area contributed by atoms with Crippen molar-refractivity contribution in [3.8, 4) is 0 Å². The van der Waals surface area contributed by atoms with Crippen molar-refractivity contribution in [2.24, 2.45) is 0 Å². The maximum absolute atomic E-state index is 12.5. The van der Waals surface area contributed by atoms with Crippen LogP contribution >= 0.6 is 0 Å². The molecule has 0 saturated carbocycles. The Balaban J connectivity index is 3.35. The number of aliphatic hydroxyl groups is 2. The van der Waals surface area contributed by atoms with E-state index >= 15 is 0 Å². The number of hydrogen-bond donors (Lipinski definition) is 3. The van der Waals surface area contributed by atoms with Crippen LogP contribution in [0.25, 0.3) is 0 Å². The predicted molar refractivity (Wildman–Crippen MR) is 347 cm³/mol. The molecule has 79 heavy (non-hydrogen) atoms. The maximum Gasteiger partial charge on any atom is 0.305 e. The topological polar surface area (TPSA) is 95.9 Å². The number of carbonyl (C=O) groups excluding carboxylic acids is 2. The van der Waals surface area contributed by atoms with E-state index in [1.165, 1.54) is 353 Å². The lowest BCUT2D eigenvalue weighted by molar-refractivity contribution is -0.143. The second-order valence-corrected chi connectivity index (χ2v) is 25.3. The molecular formula is C73H143NO5. The number of carbonyl (C=O) groups is 2. The van der Waals surface area contributed by atoms with Crippen molar-refractivity contribution in [3.05, 3.63) is 12.2 Å². The van der Waals surface area contributed by atoms with Crippen LogP contribution in [0.5, 0.6) is 0 Å². The van der Waals surface area contributed by atoms with E-state index in [4.69, 9.17) is 4.74 Å². The first-order valence-corrected chi connectivity index (χ1v) is 36.5. The van der Waals surface area contributed by atoms with Crippen LogP contribution in [0.15, 0.2) is 12.2 Å². The fourth-order valence-corrected chi connectivity index (χ4v) is 11.8. The number of hydrogen-bond acceptors (Lipinski definition) is 5. The average Bonchev–Trinajstić information content (AvgIpc) is 3.45. The van der Waals surface area contributed by atoms with Crippen molar-refractivity contribution >= 4 is 11.9 Å². The van der Waals surface area contributed by atoms with Gasteiger partial charge in [-0.3, -0.25) is 9.59 Å². The molecule has 0 radical (unpaired) electrons. The second-order valence-electron chi connectivity index (χ2n) is 25.3. The fraction of sp³-hybridized carbons (Fsp3) is 0.945. The summed E-state index contributed by atoms with van der Waals surface area (Å²) in [7, 11) is 0. The standard InChI is InChI=1S/C73H143NO5/c1-3-5-7-9-11-13-15-17-19-21-30-35-39-43-47-51-55-59-63-67-73(78)79-68-64-60-56-52-48-44-40-36-32-29-27-25-23-24-26-28-31-34-38-42-46-50-54-58-62-66-72(77)74-70(69-75)71(76)65-61-57-53-49-45-41-37-33-22-20-18-16-14-12-10-8-6-4-2/h61,65,70-71,75-76H,3-60,62-64,66-69H2,1-2H3,(H,74,77)/b65-61+. The largest absolute Gasteiger partial charge is 0.466 e. The molecule has 0 saturated heterocycles. The Kier molecular flexibility index (Phi) is 67.9. The Morgan fingerprint density at radius 2 is 0.582 bits per heavy atom. The van der Waals surface area contributed by atoms with Crippen LogP contribution in [0.1, 0.15) is 418 Å². The number of amides is 1. The summed E-state index contributed by atoms with van der Waals surface area (Å²) in [5.41, 5.74) is 0. The quantitative estimate of drug-likeness (QED) is 0.0320. The molecule has 0 aromatic carbocycles. The predicted octanol–water partition coefficient (Wildman–Crippen LogP) is 23.5. The molecule has 6 nitrogen and oxygen atoms in total. The van der Waals surface area contributed by atoms with E-state index in [0.717, 1.165) is 38.5 Å². The summed E-state index contributed by atoms with van der Waals surface area (Å²) in [6, 6.07) is -0.626. The zero-order chi connectivity index (χ0) is 57.1. The minimum absolute atomic E-state index is 0.0219. The van der Waals surface area contributed by atoms with E-state index in [1.54, 1.807) is 6.08 Å². The van der Waals surface area contributed by atoms with E-state index in [2.05, 4.69) is 19.2 Å². The molecule has 0 fully saturated rings. The lowest BCUT2D eigenvalue weighted by Gasteiger charge is -2.20. The van der Waals surface area contributed by atoms with Gasteiger partial charge in [-0.1, -0.05) is 386 Å². The van der Waals surface area contributed by atoms with Crippen molar-refractivity contribution in [1.82, 2.24) is 5.32 Å². The van der Waals surface area contributed by atoms with Gasteiger partial charge < -0.3 is 20.3 Å². The van der Waals surface area contributed by atoms with Gasteiger partial charge in [0.05, 0.1) is 25.4 Å². The first kappa shape index (κ1) is 77.6. The van der Waals surface area contributed by atoms with Crippen LogP contribution in [-0.4, -0.2) is 47.4 Å². The van der Waals surface area contributed by atoms with Gasteiger partial charge in [0.2, 0.25) is 5.91 Å². The molecule has 0 aliphatic rings. The molecule has 1 amide bonds. The van der Waals surface area contributed by atoms with Gasteiger partial charge in [-0.25, -0.2) is 0 Å². The van der Waals surface area contributed by atoms with Gasteiger partial charge in [-0.2, -0.15) is 0 Å². The van der Waals surface area contributed by atoms with Crippen LogP contribution < -0.4 is 5.32 Å². The van der Waals surface area contributed by atoms with Crippen molar-refractivity contribution in [2.75, 3.05) is 13.2 Å². The third-order valence-electron chi connectivity index (χ3n) is 17.3. The molecule has 0 aliphatic carbocycles. The molecule has 2 atom stereocenters. The molecule has 0 bridgehead atoms. The first-order valence-electron chi connectivity index (χ1n) is 36.5. The minimum Gasteiger partial charge on any atom is -0.466 e. The zero-order valence-electron chi connectivity index (χ0n) is 53.9. The van der Waals surface area contributed by atoms with E-state index < -0.39 is 12.1 Å². The van der Waals surface area contributed by atoms with Crippen LogP contribution in [-0.2, 0) is 14.3 Å². The Hall–Kier alpha value is -1.40. The summed E-state index contributed by atoms with van der Waals surface area (Å²) >= 11 is 0. The highest BCUT2D eigenvalue weighted by Crippen LogP contribution is 2.19. The Bertz CT molecular complexity index is 1190. The molecule has 470 valence electrons. The molecule has 0 rings (SSSR count). The van der Waals surface area contributed by atoms with Gasteiger partial charge in [-0.15, -0.1) is 0 Å². The summed E-state index contributed by atoms with van der Waals surface area (Å²) < 4.78 is 5.52.